The molecule has 122 valence electrons. The lowest BCUT2D eigenvalue weighted by atomic mass is 9.96. The first kappa shape index (κ1) is 17.1. The van der Waals surface area contributed by atoms with Gasteiger partial charge in [0.1, 0.15) is 6.61 Å². The molecule has 0 atom stereocenters. The molecule has 0 bridgehead atoms. The summed E-state index contributed by atoms with van der Waals surface area (Å²) in [5, 5.41) is 22.8. The minimum absolute atomic E-state index is 0.0927. The van der Waals surface area contributed by atoms with Gasteiger partial charge in [-0.1, -0.05) is 20.8 Å². The molecular formula is C15H25N5OS. The van der Waals surface area contributed by atoms with E-state index in [4.69, 9.17) is 17.5 Å². The number of rotatable bonds is 7. The molecule has 0 aromatic carbocycles. The summed E-state index contributed by atoms with van der Waals surface area (Å²) in [4.78, 5) is 2.20. The molecule has 0 radical (unpaired) electrons. The van der Waals surface area contributed by atoms with Gasteiger partial charge in [-0.25, -0.2) is 4.68 Å². The van der Waals surface area contributed by atoms with Crippen LogP contribution in [0, 0.1) is 21.5 Å². The second-order valence-electron chi connectivity index (χ2n) is 7.12. The number of aromatic nitrogens is 3. The van der Waals surface area contributed by atoms with Crippen LogP contribution in [0.4, 0.5) is 0 Å². The van der Waals surface area contributed by atoms with E-state index in [1.807, 2.05) is 4.57 Å². The van der Waals surface area contributed by atoms with Crippen molar-refractivity contribution in [3.8, 4) is 6.07 Å². The van der Waals surface area contributed by atoms with Crippen molar-refractivity contribution in [3.05, 3.63) is 10.6 Å². The normalized spacial score (nSPS) is 15.3. The first-order valence-electron chi connectivity index (χ1n) is 7.74. The smallest absolute Gasteiger partial charge is 0.199 e. The summed E-state index contributed by atoms with van der Waals surface area (Å²) in [6.45, 7) is 8.55. The second-order valence-corrected chi connectivity index (χ2v) is 7.49. The zero-order valence-electron chi connectivity index (χ0n) is 13.6. The molecule has 1 N–H and O–H groups in total. The van der Waals surface area contributed by atoms with Crippen LogP contribution in [0.25, 0.3) is 0 Å². The zero-order valence-corrected chi connectivity index (χ0v) is 14.4. The molecule has 1 saturated carbocycles. The Morgan fingerprint density at radius 1 is 1.45 bits per heavy atom. The predicted molar refractivity (Wildman–Crippen MR) is 86.5 cm³/mol. The molecule has 1 aliphatic rings. The quantitative estimate of drug-likeness (QED) is 0.781. The van der Waals surface area contributed by atoms with Gasteiger partial charge < -0.3 is 5.11 Å². The van der Waals surface area contributed by atoms with Gasteiger partial charge in [0.2, 0.25) is 0 Å². The first-order valence-corrected chi connectivity index (χ1v) is 8.15. The summed E-state index contributed by atoms with van der Waals surface area (Å²) in [6.07, 6.45) is 2.69. The van der Waals surface area contributed by atoms with Gasteiger partial charge in [0.05, 0.1) is 12.7 Å². The van der Waals surface area contributed by atoms with Gasteiger partial charge >= 0.3 is 0 Å². The fraction of sp³-hybridized carbons (Fsp3) is 0.800. The summed E-state index contributed by atoms with van der Waals surface area (Å²) in [7, 11) is 0. The molecule has 1 fully saturated rings. The van der Waals surface area contributed by atoms with Crippen LogP contribution in [0.3, 0.4) is 0 Å². The number of aliphatic hydroxyl groups excluding tert-OH is 1. The third-order valence-electron chi connectivity index (χ3n) is 3.57. The van der Waals surface area contributed by atoms with Gasteiger partial charge in [0.25, 0.3) is 0 Å². The Balaban J connectivity index is 2.18. The monoisotopic (exact) mass is 323 g/mol. The van der Waals surface area contributed by atoms with E-state index >= 15 is 0 Å². The van der Waals surface area contributed by atoms with Crippen molar-refractivity contribution in [3.63, 3.8) is 0 Å². The Kier molecular flexibility index (Phi) is 5.37. The zero-order chi connectivity index (χ0) is 16.3. The van der Waals surface area contributed by atoms with Crippen molar-refractivity contribution in [2.45, 2.75) is 59.4 Å². The van der Waals surface area contributed by atoms with Crippen LogP contribution in [-0.2, 0) is 13.3 Å². The van der Waals surface area contributed by atoms with E-state index in [0.29, 0.717) is 36.3 Å². The van der Waals surface area contributed by atoms with Crippen molar-refractivity contribution in [2.24, 2.45) is 5.41 Å². The number of aliphatic hydroxyl groups is 1. The number of nitriles is 1. The maximum absolute atomic E-state index is 9.50. The molecule has 0 spiro atoms. The number of hydrogen-bond donors (Lipinski definition) is 1. The minimum Gasteiger partial charge on any atom is -0.388 e. The standard InChI is InChI=1S/C15H25N5OS/c1-15(2,3)10-18(8-4-7-16)11-19-14(22)20(12-5-6-12)13(9-21)17-19/h12,21H,4-6,8-11H2,1-3H3. The van der Waals surface area contributed by atoms with Gasteiger partial charge in [-0.05, 0) is 30.5 Å². The summed E-state index contributed by atoms with van der Waals surface area (Å²) < 4.78 is 4.43. The largest absolute Gasteiger partial charge is 0.388 e. The molecular weight excluding hydrogens is 298 g/mol. The highest BCUT2D eigenvalue weighted by Gasteiger charge is 2.28. The molecule has 2 rings (SSSR count). The van der Waals surface area contributed by atoms with E-state index in [2.05, 4.69) is 36.8 Å². The SMILES string of the molecule is CC(C)(C)CN(CCC#N)Cn1nc(CO)n(C2CC2)c1=S. The average molecular weight is 323 g/mol. The van der Waals surface area contributed by atoms with E-state index in [1.54, 1.807) is 4.68 Å². The summed E-state index contributed by atoms with van der Waals surface area (Å²) in [5.74, 6) is 0.642. The average Bonchev–Trinajstić information content (AvgIpc) is 3.21. The van der Waals surface area contributed by atoms with Crippen LogP contribution in [0.2, 0.25) is 0 Å². The summed E-state index contributed by atoms with van der Waals surface area (Å²) in [6, 6.07) is 2.60. The first-order chi connectivity index (χ1) is 10.4. The van der Waals surface area contributed by atoms with Gasteiger partial charge in [0, 0.05) is 25.6 Å². The predicted octanol–water partition coefficient (Wildman–Crippen LogP) is 2.46. The van der Waals surface area contributed by atoms with Crippen LogP contribution in [0.1, 0.15) is 51.9 Å². The fourth-order valence-corrected chi connectivity index (χ4v) is 2.99. The summed E-state index contributed by atoms with van der Waals surface area (Å²) >= 11 is 5.53. The highest BCUT2D eigenvalue weighted by atomic mass is 32.1. The van der Waals surface area contributed by atoms with E-state index in [-0.39, 0.29) is 12.0 Å². The maximum atomic E-state index is 9.50. The van der Waals surface area contributed by atoms with Crippen molar-refractivity contribution in [1.82, 2.24) is 19.2 Å². The third kappa shape index (κ3) is 4.38. The molecule has 1 aromatic heterocycles. The lowest BCUT2D eigenvalue weighted by Gasteiger charge is -2.29. The van der Waals surface area contributed by atoms with Gasteiger partial charge in [-0.15, -0.1) is 0 Å². The fourth-order valence-electron chi connectivity index (χ4n) is 2.63. The molecule has 22 heavy (non-hydrogen) atoms. The number of hydrogen-bond acceptors (Lipinski definition) is 5. The van der Waals surface area contributed by atoms with Crippen LogP contribution < -0.4 is 0 Å². The highest BCUT2D eigenvalue weighted by Crippen LogP contribution is 2.36. The lowest BCUT2D eigenvalue weighted by Crippen LogP contribution is -2.35. The molecule has 0 unspecified atom stereocenters. The molecule has 1 heterocycles. The molecule has 7 heteroatoms. The highest BCUT2D eigenvalue weighted by molar-refractivity contribution is 7.71. The van der Waals surface area contributed by atoms with E-state index < -0.39 is 0 Å². The Morgan fingerprint density at radius 3 is 2.64 bits per heavy atom. The molecule has 0 aliphatic heterocycles. The minimum atomic E-state index is -0.0927. The van der Waals surface area contributed by atoms with E-state index in [1.165, 1.54) is 0 Å². The molecule has 0 amide bonds. The van der Waals surface area contributed by atoms with Crippen molar-refractivity contribution >= 4 is 12.2 Å². The maximum Gasteiger partial charge on any atom is 0.199 e. The third-order valence-corrected chi connectivity index (χ3v) is 3.97. The Morgan fingerprint density at radius 2 is 2.14 bits per heavy atom. The second kappa shape index (κ2) is 6.90. The Labute approximate surface area is 137 Å². The van der Waals surface area contributed by atoms with Crippen LogP contribution in [0.15, 0.2) is 0 Å². The van der Waals surface area contributed by atoms with Crippen LogP contribution in [-0.4, -0.2) is 37.4 Å². The van der Waals surface area contributed by atoms with Crippen LogP contribution in [0.5, 0.6) is 0 Å². The van der Waals surface area contributed by atoms with E-state index in [9.17, 15) is 5.11 Å². The summed E-state index contributed by atoms with van der Waals surface area (Å²) in [5.41, 5.74) is 0.135. The molecule has 6 nitrogen and oxygen atoms in total. The topological polar surface area (TPSA) is 70.0 Å². The molecule has 1 aliphatic carbocycles. The Bertz CT molecular complexity index is 603. The van der Waals surface area contributed by atoms with Gasteiger partial charge in [-0.2, -0.15) is 10.4 Å². The van der Waals surface area contributed by atoms with Crippen LogP contribution >= 0.6 is 12.2 Å². The van der Waals surface area contributed by atoms with Crippen molar-refractivity contribution in [2.75, 3.05) is 13.1 Å². The number of nitrogens with zero attached hydrogens (tertiary/aromatic N) is 5. The van der Waals surface area contributed by atoms with Crippen molar-refractivity contribution in [1.29, 1.82) is 5.26 Å². The molecule has 0 saturated heterocycles. The molecule has 1 aromatic rings. The Hall–Kier alpha value is -1.23. The van der Waals surface area contributed by atoms with E-state index in [0.717, 1.165) is 19.4 Å². The van der Waals surface area contributed by atoms with Crippen molar-refractivity contribution < 1.29 is 5.11 Å². The van der Waals surface area contributed by atoms with Gasteiger partial charge in [-0.3, -0.25) is 9.47 Å². The van der Waals surface area contributed by atoms with Gasteiger partial charge in [0.15, 0.2) is 10.6 Å². The lowest BCUT2D eigenvalue weighted by molar-refractivity contribution is 0.147.